The van der Waals surface area contributed by atoms with Crippen molar-refractivity contribution in [1.29, 1.82) is 0 Å². The Morgan fingerprint density at radius 2 is 1.61 bits per heavy atom. The molecule has 0 unspecified atom stereocenters. The van der Waals surface area contributed by atoms with Crippen LogP contribution in [0.3, 0.4) is 0 Å². The number of hydrogen-bond donors (Lipinski definition) is 1. The molecule has 12 nitrogen and oxygen atoms in total. The predicted molar refractivity (Wildman–Crippen MR) is 143 cm³/mol. The number of hydrogen-bond acceptors (Lipinski definition) is 11. The minimum atomic E-state index is -0.604. The van der Waals surface area contributed by atoms with Crippen molar-refractivity contribution in [2.45, 2.75) is 18.9 Å². The van der Waals surface area contributed by atoms with E-state index in [1.165, 1.54) is 33.3 Å². The molecule has 0 aromatic heterocycles. The van der Waals surface area contributed by atoms with Gasteiger partial charge in [0.25, 0.3) is 5.69 Å². The van der Waals surface area contributed by atoms with Gasteiger partial charge in [-0.2, -0.15) is 0 Å². The van der Waals surface area contributed by atoms with E-state index in [1.54, 1.807) is 24.3 Å². The van der Waals surface area contributed by atoms with Gasteiger partial charge in [0, 0.05) is 36.6 Å². The van der Waals surface area contributed by atoms with Crippen molar-refractivity contribution in [3.63, 3.8) is 0 Å². The van der Waals surface area contributed by atoms with E-state index in [-0.39, 0.29) is 48.2 Å². The molecule has 1 N–H and O–H groups in total. The lowest BCUT2D eigenvalue weighted by Crippen LogP contribution is -2.37. The molecule has 3 aromatic rings. The zero-order chi connectivity index (χ0) is 28.8. The van der Waals surface area contributed by atoms with Crippen LogP contribution in [0.25, 0.3) is 0 Å². The van der Waals surface area contributed by atoms with Gasteiger partial charge in [-0.3, -0.25) is 19.7 Å². The second kappa shape index (κ2) is 10.2. The third-order valence-electron chi connectivity index (χ3n) is 7.68. The number of fused-ring (bicyclic) bond motifs is 3. The molecule has 1 fully saturated rings. The second-order valence-corrected chi connectivity index (χ2v) is 9.91. The summed E-state index contributed by atoms with van der Waals surface area (Å²) in [5.74, 6) is -0.514. The fraction of sp³-hybridized carbons (Fsp3) is 0.310. The van der Waals surface area contributed by atoms with Crippen LogP contribution in [-0.4, -0.2) is 44.5 Å². The van der Waals surface area contributed by atoms with E-state index in [2.05, 4.69) is 5.32 Å². The maximum Gasteiger partial charge on any atom is 0.310 e. The lowest BCUT2D eigenvalue weighted by molar-refractivity contribution is -0.384. The lowest BCUT2D eigenvalue weighted by Gasteiger charge is -2.40. The molecule has 0 saturated carbocycles. The second-order valence-electron chi connectivity index (χ2n) is 9.91. The van der Waals surface area contributed by atoms with Crippen LogP contribution in [0.1, 0.15) is 35.6 Å². The van der Waals surface area contributed by atoms with Gasteiger partial charge in [-0.15, -0.1) is 0 Å². The molecule has 212 valence electrons. The average Bonchev–Trinajstić information content (AvgIpc) is 3.58. The molecule has 1 saturated heterocycles. The van der Waals surface area contributed by atoms with Gasteiger partial charge in [-0.05, 0) is 53.1 Å². The number of nitrogens with one attached hydrogen (secondary N) is 1. The number of nitrogens with zero attached hydrogens (tertiary/aromatic N) is 1. The SMILES string of the molecule is COc1cc([C@@H]2c3cc4c(cc3[C@@H](Nc3ccc([N+](=O)[O-])cc3)[C@H]3COC(=O)[C@H]23)OCO4)cc(OC)c1OC(C)=O. The Bertz CT molecular complexity index is 1530. The number of anilines is 1. The van der Waals surface area contributed by atoms with Crippen molar-refractivity contribution < 1.29 is 42.9 Å². The highest BCUT2D eigenvalue weighted by Crippen LogP contribution is 2.56. The summed E-state index contributed by atoms with van der Waals surface area (Å²) in [6.45, 7) is 1.51. The summed E-state index contributed by atoms with van der Waals surface area (Å²) in [6.07, 6.45) is 0. The third kappa shape index (κ3) is 4.50. The van der Waals surface area contributed by atoms with Gasteiger partial charge in [-0.1, -0.05) is 0 Å². The summed E-state index contributed by atoms with van der Waals surface area (Å²) in [5, 5.41) is 14.6. The van der Waals surface area contributed by atoms with Crippen LogP contribution >= 0.6 is 0 Å². The van der Waals surface area contributed by atoms with Gasteiger partial charge >= 0.3 is 11.9 Å². The molecule has 6 rings (SSSR count). The Kier molecular flexibility index (Phi) is 6.52. The zero-order valence-electron chi connectivity index (χ0n) is 22.4. The van der Waals surface area contributed by atoms with Crippen LogP contribution in [0, 0.1) is 22.0 Å². The molecule has 2 heterocycles. The summed E-state index contributed by atoms with van der Waals surface area (Å²) in [4.78, 5) is 35.8. The zero-order valence-corrected chi connectivity index (χ0v) is 22.4. The molecule has 2 aliphatic heterocycles. The fourth-order valence-corrected chi connectivity index (χ4v) is 5.93. The quantitative estimate of drug-likeness (QED) is 0.190. The number of carbonyl (C=O) groups is 2. The van der Waals surface area contributed by atoms with E-state index in [9.17, 15) is 19.7 Å². The van der Waals surface area contributed by atoms with Crippen LogP contribution < -0.4 is 29.0 Å². The predicted octanol–water partition coefficient (Wildman–Crippen LogP) is 4.35. The topological polar surface area (TPSA) is 145 Å². The summed E-state index contributed by atoms with van der Waals surface area (Å²) in [7, 11) is 2.91. The minimum Gasteiger partial charge on any atom is -0.493 e. The number of nitro groups is 1. The maximum absolute atomic E-state index is 13.4. The van der Waals surface area contributed by atoms with E-state index < -0.39 is 28.8 Å². The average molecular weight is 563 g/mol. The number of methoxy groups -OCH3 is 2. The van der Waals surface area contributed by atoms with Crippen LogP contribution in [0.2, 0.25) is 0 Å². The van der Waals surface area contributed by atoms with E-state index in [1.807, 2.05) is 12.1 Å². The normalized spacial score (nSPS) is 21.8. The first-order valence-corrected chi connectivity index (χ1v) is 12.8. The molecule has 1 aliphatic carbocycles. The first-order chi connectivity index (χ1) is 19.8. The number of esters is 2. The van der Waals surface area contributed by atoms with Gasteiger partial charge in [-0.25, -0.2) is 0 Å². The fourth-order valence-electron chi connectivity index (χ4n) is 5.93. The Morgan fingerprint density at radius 1 is 0.976 bits per heavy atom. The van der Waals surface area contributed by atoms with E-state index in [4.69, 9.17) is 28.4 Å². The van der Waals surface area contributed by atoms with E-state index in [0.29, 0.717) is 22.7 Å². The van der Waals surface area contributed by atoms with Crippen molar-refractivity contribution in [3.05, 3.63) is 75.3 Å². The molecule has 0 spiro atoms. The number of ether oxygens (including phenoxy) is 6. The number of nitro benzene ring substituents is 1. The molecule has 12 heteroatoms. The molecular formula is C29H26N2O10. The number of cyclic esters (lactones) is 1. The highest BCUT2D eigenvalue weighted by Gasteiger charge is 2.52. The molecule has 0 radical (unpaired) electrons. The maximum atomic E-state index is 13.4. The summed E-state index contributed by atoms with van der Waals surface area (Å²) in [6, 6.07) is 12.9. The van der Waals surface area contributed by atoms with Crippen molar-refractivity contribution >= 4 is 23.3 Å². The standard InChI is InChI=1S/C29H26N2O10/c1-14(32)41-28-23(36-2)8-15(9-24(28)37-3)25-18-10-21-22(40-13-39-21)11-19(18)27(20-12-38-29(33)26(20)25)30-16-4-6-17(7-5-16)31(34)35/h4-11,20,25-27,30H,12-13H2,1-3H3/t20-,25+,26-,27+/m0/s1. The van der Waals surface area contributed by atoms with Gasteiger partial charge in [0.1, 0.15) is 0 Å². The monoisotopic (exact) mass is 562 g/mol. The first kappa shape index (κ1) is 26.2. The Balaban J connectivity index is 1.51. The van der Waals surface area contributed by atoms with E-state index >= 15 is 0 Å². The Hall–Kier alpha value is -5.00. The summed E-state index contributed by atoms with van der Waals surface area (Å²) >= 11 is 0. The van der Waals surface area contributed by atoms with Crippen LogP contribution in [0.15, 0.2) is 48.5 Å². The van der Waals surface area contributed by atoms with Crippen molar-refractivity contribution in [3.8, 4) is 28.7 Å². The molecule has 0 amide bonds. The third-order valence-corrected chi connectivity index (χ3v) is 7.68. The van der Waals surface area contributed by atoms with Gasteiger partial charge in [0.05, 0.1) is 37.7 Å². The van der Waals surface area contributed by atoms with Gasteiger partial charge in [0.15, 0.2) is 23.0 Å². The van der Waals surface area contributed by atoms with Gasteiger partial charge in [0.2, 0.25) is 12.5 Å². The smallest absolute Gasteiger partial charge is 0.310 e. The Labute approximate surface area is 234 Å². The van der Waals surface area contributed by atoms with Gasteiger partial charge < -0.3 is 33.7 Å². The number of rotatable bonds is 7. The minimum absolute atomic E-state index is 0.0274. The van der Waals surface area contributed by atoms with E-state index in [0.717, 1.165) is 11.1 Å². The van der Waals surface area contributed by atoms with Crippen molar-refractivity contribution in [2.24, 2.45) is 11.8 Å². The molecule has 3 aliphatic rings. The molecule has 4 atom stereocenters. The molecule has 41 heavy (non-hydrogen) atoms. The highest BCUT2D eigenvalue weighted by atomic mass is 16.7. The molecule has 0 bridgehead atoms. The first-order valence-electron chi connectivity index (χ1n) is 12.8. The summed E-state index contributed by atoms with van der Waals surface area (Å²) in [5.41, 5.74) is 2.98. The highest BCUT2D eigenvalue weighted by molar-refractivity contribution is 5.80. The van der Waals surface area contributed by atoms with Crippen molar-refractivity contribution in [2.75, 3.05) is 32.9 Å². The largest absolute Gasteiger partial charge is 0.493 e. The van der Waals surface area contributed by atoms with Crippen LogP contribution in [0.5, 0.6) is 28.7 Å². The van der Waals surface area contributed by atoms with Crippen molar-refractivity contribution in [1.82, 2.24) is 0 Å². The molecule has 3 aromatic carbocycles. The number of non-ortho nitro benzene ring substituents is 1. The van der Waals surface area contributed by atoms with Crippen LogP contribution in [-0.2, 0) is 14.3 Å². The lowest BCUT2D eigenvalue weighted by atomic mass is 9.65. The molecular weight excluding hydrogens is 536 g/mol. The Morgan fingerprint density at radius 3 is 2.20 bits per heavy atom. The number of carbonyl (C=O) groups excluding carboxylic acids is 2. The summed E-state index contributed by atoms with van der Waals surface area (Å²) < 4.78 is 33.5. The number of benzene rings is 3. The van der Waals surface area contributed by atoms with Crippen LogP contribution in [0.4, 0.5) is 11.4 Å².